The minimum Gasteiger partial charge on any atom is -0.457 e. The molecule has 8 heterocycles. The molecule has 25 rings (SSSR count). The van der Waals surface area contributed by atoms with Gasteiger partial charge in [-0.15, -0.1) is 0 Å². The van der Waals surface area contributed by atoms with Crippen LogP contribution in [0.1, 0.15) is 184 Å². The molecular weight excluding hydrogens is 1660 g/mol. The molecule has 8 atom stereocenters. The number of carbonyl (C=O) groups excluding carboxylic acids is 2. The molecule has 0 aromatic heterocycles. The van der Waals surface area contributed by atoms with E-state index in [4.69, 9.17) is 75.8 Å². The van der Waals surface area contributed by atoms with Crippen molar-refractivity contribution >= 4 is 12.6 Å². The van der Waals surface area contributed by atoms with Crippen molar-refractivity contribution in [3.8, 4) is 138 Å². The first kappa shape index (κ1) is 78.0. The highest BCUT2D eigenvalue weighted by atomic mass is 16.7. The lowest BCUT2D eigenvalue weighted by Gasteiger charge is -2.38. The van der Waals surface area contributed by atoms with Gasteiger partial charge in [-0.05, 0) is 195 Å². The van der Waals surface area contributed by atoms with Crippen molar-refractivity contribution in [2.24, 2.45) is 0 Å². The van der Waals surface area contributed by atoms with Crippen LogP contribution < -0.4 is 75.8 Å². The average Bonchev–Trinajstić information content (AvgIpc) is 0.731. The van der Waals surface area contributed by atoms with E-state index in [0.717, 1.165) is 66.8 Å². The summed E-state index contributed by atoms with van der Waals surface area (Å²) in [5.41, 5.74) is 12.9. The maximum absolute atomic E-state index is 14.5. The molecule has 0 spiro atoms. The van der Waals surface area contributed by atoms with Crippen LogP contribution in [0.5, 0.6) is 138 Å². The summed E-state index contributed by atoms with van der Waals surface area (Å²) in [4.78, 5) is 29.0. The van der Waals surface area contributed by atoms with Crippen molar-refractivity contribution in [1.82, 2.24) is 0 Å². The Labute approximate surface area is 759 Å². The number of rotatable bonds is 14. The fourth-order valence-corrected chi connectivity index (χ4v) is 19.9. The fraction of sp³-hybridized carbons (Fsp3) is 0.140. The molecule has 0 saturated heterocycles. The van der Waals surface area contributed by atoms with Crippen LogP contribution in [0, 0.1) is 0 Å². The molecule has 18 nitrogen and oxygen atoms in total. The first-order chi connectivity index (χ1) is 65.1. The molecule has 0 amide bonds. The second kappa shape index (κ2) is 32.4. The van der Waals surface area contributed by atoms with Crippen molar-refractivity contribution in [2.45, 2.75) is 100 Å². The van der Waals surface area contributed by atoms with Crippen LogP contribution in [-0.4, -0.2) is 12.6 Å². The highest BCUT2D eigenvalue weighted by Crippen LogP contribution is 2.60. The molecule has 132 heavy (non-hydrogen) atoms. The Kier molecular flexibility index (Phi) is 19.2. The highest BCUT2D eigenvalue weighted by Gasteiger charge is 2.44. The van der Waals surface area contributed by atoms with Gasteiger partial charge in [0, 0.05) is 151 Å². The predicted molar refractivity (Wildman–Crippen MR) is 491 cm³/mol. The van der Waals surface area contributed by atoms with Gasteiger partial charge in [-0.25, -0.2) is 0 Å². The van der Waals surface area contributed by atoms with E-state index in [-0.39, 0.29) is 57.1 Å². The van der Waals surface area contributed by atoms with Gasteiger partial charge in [0.2, 0.25) is 0 Å². The third kappa shape index (κ3) is 14.9. The van der Waals surface area contributed by atoms with Crippen LogP contribution in [0.2, 0.25) is 0 Å². The number of fused-ring (bicyclic) bond motifs is 16. The molecule has 16 aromatic carbocycles. The quantitative estimate of drug-likeness (QED) is 0.0936. The summed E-state index contributed by atoms with van der Waals surface area (Å²) in [5, 5.41) is 0. The van der Waals surface area contributed by atoms with Gasteiger partial charge in [0.1, 0.15) is 138 Å². The van der Waals surface area contributed by atoms with Gasteiger partial charge in [0.15, 0.2) is 12.6 Å². The van der Waals surface area contributed by atoms with Crippen molar-refractivity contribution in [3.63, 3.8) is 0 Å². The van der Waals surface area contributed by atoms with Gasteiger partial charge in [-0.3, -0.25) is 9.59 Å². The zero-order valence-electron chi connectivity index (χ0n) is 71.0. The number of benzene rings is 16. The van der Waals surface area contributed by atoms with E-state index in [1.54, 1.807) is 103 Å². The van der Waals surface area contributed by atoms with E-state index in [1.165, 1.54) is 0 Å². The Balaban J connectivity index is 0.876. The van der Waals surface area contributed by atoms with Crippen LogP contribution >= 0.6 is 0 Å². The Morgan fingerprint density at radius 1 is 0.182 bits per heavy atom. The average molecular weight is 1740 g/mol. The molecule has 1 aliphatic carbocycles. The van der Waals surface area contributed by atoms with E-state index >= 15 is 0 Å². The van der Waals surface area contributed by atoms with E-state index in [1.807, 2.05) is 91.0 Å². The number of hydrogen-bond acceptors (Lipinski definition) is 18. The summed E-state index contributed by atoms with van der Waals surface area (Å²) < 4.78 is 121. The highest BCUT2D eigenvalue weighted by molar-refractivity contribution is 5.86. The smallest absolute Gasteiger partial charge is 0.267 e. The Bertz CT molecular complexity index is 6890. The number of aldehydes is 2. The monoisotopic (exact) mass is 1740 g/mol. The summed E-state index contributed by atoms with van der Waals surface area (Å²) in [7, 11) is 0. The number of hydrogen-bond donors (Lipinski definition) is 0. The van der Waals surface area contributed by atoms with E-state index in [9.17, 15) is 9.59 Å². The first-order valence-electron chi connectivity index (χ1n) is 44.7. The normalized spacial score (nSPS) is 18.4. The van der Waals surface area contributed by atoms with Crippen molar-refractivity contribution < 1.29 is 85.4 Å². The molecule has 40 bridgehead atoms. The molecule has 0 N–H and O–H groups in total. The zero-order valence-corrected chi connectivity index (χ0v) is 71.0. The van der Waals surface area contributed by atoms with E-state index in [2.05, 4.69) is 133 Å². The van der Waals surface area contributed by atoms with Gasteiger partial charge >= 0.3 is 0 Å². The lowest BCUT2D eigenvalue weighted by Crippen LogP contribution is -2.26. The third-order valence-electron chi connectivity index (χ3n) is 26.2. The van der Waals surface area contributed by atoms with Crippen LogP contribution in [-0.2, 0) is 25.7 Å². The van der Waals surface area contributed by atoms with Crippen LogP contribution in [0.3, 0.4) is 0 Å². The molecule has 18 heteroatoms. The minimum atomic E-state index is -1.43. The van der Waals surface area contributed by atoms with Gasteiger partial charge in [-0.2, -0.15) is 0 Å². The van der Waals surface area contributed by atoms with Crippen molar-refractivity contribution in [3.05, 3.63) is 428 Å². The predicted octanol–water partition coefficient (Wildman–Crippen LogP) is 28.2. The molecule has 0 saturated carbocycles. The second-order valence-corrected chi connectivity index (χ2v) is 34.6. The van der Waals surface area contributed by atoms with E-state index in [0.29, 0.717) is 178 Å². The molecule has 644 valence electrons. The fourth-order valence-electron chi connectivity index (χ4n) is 19.9. The van der Waals surface area contributed by atoms with Crippen LogP contribution in [0.4, 0.5) is 0 Å². The molecule has 9 aliphatic rings. The van der Waals surface area contributed by atoms with Crippen LogP contribution in [0.25, 0.3) is 0 Å². The maximum Gasteiger partial charge on any atom is 0.267 e. The lowest BCUT2D eigenvalue weighted by molar-refractivity contribution is -0.0123. The number of ether oxygens (including phenoxy) is 16. The molecular formula is C114H80O18. The van der Waals surface area contributed by atoms with E-state index < -0.39 is 48.8 Å². The summed E-state index contributed by atoms with van der Waals surface area (Å²) >= 11 is 0. The standard InChI is InChI=1S/C114H80O18/c115-63-97-99-45-71-47-101(97)123-79-31-16-32-80(52-79)124-102-48-72-46-100(98(102)64-116)122-78-30-15-28-76(51-78)120-84-44-70-42-82(54-84)118-74-26-13-25-73(49-74)117-81-41-69(43-83(53-81)119-75-27-14-29-77(50-75)121-99)111-125-103-59-104-90-55-89(103)85(37-33-65-17-5-1-6-18-65)91-56-93-87(39-35-67-21-9-3-10-22-67)95-58-96-88(40-36-68-23-11-4-12-24-68)94-57-92(86(90)38-34-66-19-7-2-8-20-66)106(128-112(70)126-104)61-108(94)130-114(72)132-110(96)62-109(95)131-113(71)129-107(93)60-105(91)127-111/h1-32,41-64,85-88,111-114H,33-40H2/t85-,86+,87-,88+,111-,112+,113-,114+. The SMILES string of the molecule is O=Cc1c2cc3cc1Oc1cccc(c1)Oc1cc4cc(c1C=O)Oc1cccc(c1)Oc1cc5cc(c1)[C@H]1Oc6cc7c8cc6[C@H](CCc6ccccc6)c6cc9c(cc6O1)O[C@H]4Oc1cc4c(cc1[C@H]9CCc1ccccc1)[C@H](CCc1ccccc1)c1cc(c(cc1O[C@@H]3O4)O[C@@H](O7)c1cc(cc(c1)Oc1cccc(c1)O2)Oc1cccc(c1)O5)[C@@H]8CCc1ccccc1. The number of aryl methyl sites for hydroxylation is 4. The maximum atomic E-state index is 14.5. The summed E-state index contributed by atoms with van der Waals surface area (Å²) in [5.74, 6) is 5.25. The molecule has 0 fully saturated rings. The molecule has 8 aliphatic heterocycles. The van der Waals surface area contributed by atoms with Gasteiger partial charge < -0.3 is 75.8 Å². The Morgan fingerprint density at radius 3 is 0.591 bits per heavy atom. The minimum absolute atomic E-state index is 0.0282. The van der Waals surface area contributed by atoms with Gasteiger partial charge in [0.25, 0.3) is 25.2 Å². The third-order valence-corrected chi connectivity index (χ3v) is 26.2. The van der Waals surface area contributed by atoms with Crippen molar-refractivity contribution in [1.29, 1.82) is 0 Å². The number of carbonyl (C=O) groups is 2. The first-order valence-corrected chi connectivity index (χ1v) is 44.7. The largest absolute Gasteiger partial charge is 0.457 e. The van der Waals surface area contributed by atoms with Crippen molar-refractivity contribution in [2.75, 3.05) is 0 Å². The topological polar surface area (TPSA) is 182 Å². The summed E-state index contributed by atoms with van der Waals surface area (Å²) in [6, 6.07) is 106. The second-order valence-electron chi connectivity index (χ2n) is 34.6. The van der Waals surface area contributed by atoms with Gasteiger partial charge in [0.05, 0.1) is 11.1 Å². The molecule has 0 radical (unpaired) electrons. The Morgan fingerprint density at radius 2 is 0.379 bits per heavy atom. The summed E-state index contributed by atoms with van der Waals surface area (Å²) in [6.45, 7) is 0. The molecule has 0 unspecified atom stereocenters. The Hall–Kier alpha value is -16.3. The lowest BCUT2D eigenvalue weighted by atomic mass is 9.75. The summed E-state index contributed by atoms with van der Waals surface area (Å²) in [6.07, 6.45) is 0.367. The van der Waals surface area contributed by atoms with Gasteiger partial charge in [-0.1, -0.05) is 146 Å². The zero-order chi connectivity index (χ0) is 87.4. The van der Waals surface area contributed by atoms with Crippen LogP contribution in [0.15, 0.2) is 328 Å². The molecule has 16 aromatic rings.